The number of carbonyl (C=O) groups excluding carboxylic acids is 1. The van der Waals surface area contributed by atoms with Gasteiger partial charge in [-0.2, -0.15) is 11.8 Å². The summed E-state index contributed by atoms with van der Waals surface area (Å²) in [6.07, 6.45) is 2.45. The zero-order valence-corrected chi connectivity index (χ0v) is 10.5. The van der Waals surface area contributed by atoms with Crippen molar-refractivity contribution < 1.29 is 4.79 Å². The van der Waals surface area contributed by atoms with Gasteiger partial charge in [0.2, 0.25) is 5.91 Å². The van der Waals surface area contributed by atoms with Crippen LogP contribution in [0.2, 0.25) is 0 Å². The molecule has 0 aliphatic carbocycles. The van der Waals surface area contributed by atoms with Gasteiger partial charge in [-0.15, -0.1) is 0 Å². The molecule has 0 radical (unpaired) electrons. The largest absolute Gasteiger partial charge is 0.354 e. The molecule has 1 rings (SSSR count). The van der Waals surface area contributed by atoms with Crippen molar-refractivity contribution in [2.24, 2.45) is 17.6 Å². The molecule has 88 valence electrons. The van der Waals surface area contributed by atoms with Crippen LogP contribution in [0.5, 0.6) is 0 Å². The summed E-state index contributed by atoms with van der Waals surface area (Å²) < 4.78 is 0. The number of amides is 1. The molecule has 0 aromatic rings. The average Bonchev–Trinajstić information content (AvgIpc) is 2.26. The predicted octanol–water partition coefficient (Wildman–Crippen LogP) is 1.23. The van der Waals surface area contributed by atoms with Crippen LogP contribution in [0.4, 0.5) is 0 Å². The summed E-state index contributed by atoms with van der Waals surface area (Å²) in [5, 5.41) is 2.96. The second-order valence-electron chi connectivity index (χ2n) is 4.57. The highest BCUT2D eigenvalue weighted by atomic mass is 32.2. The topological polar surface area (TPSA) is 55.1 Å². The molecule has 0 saturated carbocycles. The Kier molecular flexibility index (Phi) is 5.47. The molecular formula is C11H22N2OS. The molecular weight excluding hydrogens is 208 g/mol. The Bertz CT molecular complexity index is 203. The van der Waals surface area contributed by atoms with Crippen molar-refractivity contribution in [1.29, 1.82) is 0 Å². The molecule has 1 fully saturated rings. The van der Waals surface area contributed by atoms with Crippen LogP contribution < -0.4 is 11.1 Å². The van der Waals surface area contributed by atoms with Crippen LogP contribution in [-0.2, 0) is 4.79 Å². The number of carbonyl (C=O) groups is 1. The molecule has 0 spiro atoms. The van der Waals surface area contributed by atoms with Crippen molar-refractivity contribution in [1.82, 2.24) is 5.32 Å². The Morgan fingerprint density at radius 2 is 2.07 bits per heavy atom. The Balaban J connectivity index is 2.20. The number of hydrogen-bond acceptors (Lipinski definition) is 3. The minimum absolute atomic E-state index is 0.00299. The van der Waals surface area contributed by atoms with E-state index in [0.717, 1.165) is 6.54 Å². The van der Waals surface area contributed by atoms with Gasteiger partial charge in [0.15, 0.2) is 0 Å². The molecule has 4 heteroatoms. The molecule has 3 nitrogen and oxygen atoms in total. The molecule has 1 aliphatic heterocycles. The Hall–Kier alpha value is -0.220. The smallest absolute Gasteiger partial charge is 0.237 e. The molecule has 3 N–H and O–H groups in total. The van der Waals surface area contributed by atoms with Crippen LogP contribution in [0.3, 0.4) is 0 Å². The highest BCUT2D eigenvalue weighted by Gasteiger charge is 2.19. The molecule has 0 aromatic heterocycles. The van der Waals surface area contributed by atoms with Gasteiger partial charge in [-0.25, -0.2) is 0 Å². The summed E-state index contributed by atoms with van der Waals surface area (Å²) in [5.74, 6) is 3.35. The molecule has 15 heavy (non-hydrogen) atoms. The van der Waals surface area contributed by atoms with Crippen molar-refractivity contribution in [2.75, 3.05) is 18.1 Å². The minimum Gasteiger partial charge on any atom is -0.354 e. The fourth-order valence-electron chi connectivity index (χ4n) is 1.62. The van der Waals surface area contributed by atoms with Gasteiger partial charge in [0.25, 0.3) is 0 Å². The lowest BCUT2D eigenvalue weighted by Gasteiger charge is -2.23. The predicted molar refractivity (Wildman–Crippen MR) is 65.9 cm³/mol. The van der Waals surface area contributed by atoms with E-state index in [1.807, 2.05) is 25.6 Å². The van der Waals surface area contributed by atoms with Gasteiger partial charge in [0.1, 0.15) is 0 Å². The highest BCUT2D eigenvalue weighted by Crippen LogP contribution is 2.21. The summed E-state index contributed by atoms with van der Waals surface area (Å²) >= 11 is 2.01. The minimum atomic E-state index is -0.358. The van der Waals surface area contributed by atoms with Crippen molar-refractivity contribution in [3.05, 3.63) is 0 Å². The zero-order chi connectivity index (χ0) is 11.3. The Morgan fingerprint density at radius 3 is 2.60 bits per heavy atom. The van der Waals surface area contributed by atoms with Crippen molar-refractivity contribution >= 4 is 17.7 Å². The first kappa shape index (κ1) is 12.8. The Morgan fingerprint density at radius 1 is 1.47 bits per heavy atom. The molecule has 0 aromatic carbocycles. The second kappa shape index (κ2) is 6.38. The van der Waals surface area contributed by atoms with Crippen LogP contribution >= 0.6 is 11.8 Å². The summed E-state index contributed by atoms with van der Waals surface area (Å²) in [5.41, 5.74) is 5.76. The molecule has 1 atom stereocenters. The van der Waals surface area contributed by atoms with E-state index in [2.05, 4.69) is 5.32 Å². The number of hydrogen-bond donors (Lipinski definition) is 2. The number of rotatable bonds is 4. The molecule has 1 aliphatic rings. The lowest BCUT2D eigenvalue weighted by molar-refractivity contribution is -0.123. The van der Waals surface area contributed by atoms with E-state index in [0.29, 0.717) is 5.92 Å². The van der Waals surface area contributed by atoms with Gasteiger partial charge >= 0.3 is 0 Å². The van der Waals surface area contributed by atoms with E-state index in [9.17, 15) is 4.79 Å². The van der Waals surface area contributed by atoms with Crippen LogP contribution in [0.25, 0.3) is 0 Å². The lowest BCUT2D eigenvalue weighted by Crippen LogP contribution is -2.45. The molecule has 1 saturated heterocycles. The third kappa shape index (κ3) is 4.43. The van der Waals surface area contributed by atoms with Crippen molar-refractivity contribution in [2.45, 2.75) is 32.7 Å². The van der Waals surface area contributed by atoms with E-state index in [1.165, 1.54) is 24.3 Å². The zero-order valence-electron chi connectivity index (χ0n) is 9.66. The first-order valence-corrected chi connectivity index (χ1v) is 6.87. The number of nitrogens with two attached hydrogens (primary N) is 1. The first-order valence-electron chi connectivity index (χ1n) is 5.72. The van der Waals surface area contributed by atoms with Crippen LogP contribution in [0, 0.1) is 11.8 Å². The van der Waals surface area contributed by atoms with Gasteiger partial charge in [-0.3, -0.25) is 4.79 Å². The van der Waals surface area contributed by atoms with Gasteiger partial charge in [-0.1, -0.05) is 13.8 Å². The maximum absolute atomic E-state index is 11.6. The summed E-state index contributed by atoms with van der Waals surface area (Å²) in [6.45, 7) is 4.75. The second-order valence-corrected chi connectivity index (χ2v) is 5.80. The third-order valence-electron chi connectivity index (χ3n) is 2.93. The van der Waals surface area contributed by atoms with E-state index < -0.39 is 0 Å². The van der Waals surface area contributed by atoms with E-state index in [4.69, 9.17) is 5.73 Å². The lowest BCUT2D eigenvalue weighted by atomic mass is 10.0. The fourth-order valence-corrected chi connectivity index (χ4v) is 2.82. The van der Waals surface area contributed by atoms with Crippen molar-refractivity contribution in [3.63, 3.8) is 0 Å². The molecule has 0 bridgehead atoms. The number of nitrogens with one attached hydrogen (secondary N) is 1. The number of thioether (sulfide) groups is 1. The van der Waals surface area contributed by atoms with Gasteiger partial charge in [0.05, 0.1) is 6.04 Å². The fraction of sp³-hybridized carbons (Fsp3) is 0.909. The summed E-state index contributed by atoms with van der Waals surface area (Å²) in [6, 6.07) is -0.358. The standard InChI is InChI=1S/C11H22N2OS/c1-8(2)10(12)11(14)13-7-9-3-5-15-6-4-9/h8-10H,3-7,12H2,1-2H3,(H,13,14)/t10-/m0/s1. The first-order chi connectivity index (χ1) is 7.11. The quantitative estimate of drug-likeness (QED) is 0.764. The summed E-state index contributed by atoms with van der Waals surface area (Å²) in [4.78, 5) is 11.6. The van der Waals surface area contributed by atoms with Crippen molar-refractivity contribution in [3.8, 4) is 0 Å². The third-order valence-corrected chi connectivity index (χ3v) is 3.98. The maximum Gasteiger partial charge on any atom is 0.237 e. The normalized spacial score (nSPS) is 20.3. The summed E-state index contributed by atoms with van der Waals surface area (Å²) in [7, 11) is 0. The SMILES string of the molecule is CC(C)[C@H](N)C(=O)NCC1CCSCC1. The molecule has 1 amide bonds. The van der Waals surface area contributed by atoms with E-state index in [1.54, 1.807) is 0 Å². The van der Waals surface area contributed by atoms with E-state index >= 15 is 0 Å². The Labute approximate surface area is 96.6 Å². The van der Waals surface area contributed by atoms with Crippen LogP contribution in [-0.4, -0.2) is 30.0 Å². The van der Waals surface area contributed by atoms with Crippen LogP contribution in [0.15, 0.2) is 0 Å². The van der Waals surface area contributed by atoms with E-state index in [-0.39, 0.29) is 17.9 Å². The monoisotopic (exact) mass is 230 g/mol. The average molecular weight is 230 g/mol. The van der Waals surface area contributed by atoms with Gasteiger partial charge in [0, 0.05) is 6.54 Å². The van der Waals surface area contributed by atoms with Gasteiger partial charge < -0.3 is 11.1 Å². The van der Waals surface area contributed by atoms with Crippen LogP contribution in [0.1, 0.15) is 26.7 Å². The molecule has 0 unspecified atom stereocenters. The maximum atomic E-state index is 11.6. The van der Waals surface area contributed by atoms with Gasteiger partial charge in [-0.05, 0) is 36.2 Å². The molecule has 1 heterocycles. The highest BCUT2D eigenvalue weighted by molar-refractivity contribution is 7.99.